The molecule has 1 aromatic carbocycles. The Bertz CT molecular complexity index is 576. The molecule has 3 rings (SSSR count). The van der Waals surface area contributed by atoms with Crippen LogP contribution in [0.4, 0.5) is 0 Å². The topological polar surface area (TPSA) is 94.4 Å². The number of rotatable bonds is 5. The highest BCUT2D eigenvalue weighted by Crippen LogP contribution is 2.19. The molecule has 0 saturated carbocycles. The molecule has 0 bridgehead atoms. The van der Waals surface area contributed by atoms with Crippen molar-refractivity contribution in [2.24, 2.45) is 5.73 Å². The second kappa shape index (κ2) is 6.24. The zero-order chi connectivity index (χ0) is 14.7. The number of phenols is 1. The maximum Gasteiger partial charge on any atom is 0.243 e. The van der Waals surface area contributed by atoms with E-state index in [4.69, 9.17) is 15.0 Å². The van der Waals surface area contributed by atoms with Crippen molar-refractivity contribution in [3.05, 3.63) is 41.5 Å². The predicted octanol–water partition coefficient (Wildman–Crippen LogP) is 1.74. The van der Waals surface area contributed by atoms with Gasteiger partial charge >= 0.3 is 0 Å². The molecule has 1 fully saturated rings. The van der Waals surface area contributed by atoms with E-state index in [1.807, 2.05) is 12.1 Å². The van der Waals surface area contributed by atoms with Crippen LogP contribution in [0.3, 0.4) is 0 Å². The number of aromatic nitrogens is 2. The SMILES string of the molecule is NC(Cc1ccc(O)cc1)c1nc(CC2CCCO2)no1. The second-order valence-electron chi connectivity index (χ2n) is 5.37. The van der Waals surface area contributed by atoms with Crippen molar-refractivity contribution in [1.29, 1.82) is 0 Å². The summed E-state index contributed by atoms with van der Waals surface area (Å²) in [5.74, 6) is 1.33. The molecule has 1 saturated heterocycles. The normalized spacial score (nSPS) is 19.8. The van der Waals surface area contributed by atoms with Gasteiger partial charge in [0, 0.05) is 13.0 Å². The lowest BCUT2D eigenvalue weighted by Crippen LogP contribution is -2.14. The number of nitrogens with two attached hydrogens (primary N) is 1. The first-order chi connectivity index (χ1) is 10.2. The second-order valence-corrected chi connectivity index (χ2v) is 5.37. The summed E-state index contributed by atoms with van der Waals surface area (Å²) >= 11 is 0. The number of ether oxygens (including phenoxy) is 1. The minimum absolute atomic E-state index is 0.198. The van der Waals surface area contributed by atoms with Crippen LogP contribution >= 0.6 is 0 Å². The number of aromatic hydroxyl groups is 1. The summed E-state index contributed by atoms with van der Waals surface area (Å²) in [5, 5.41) is 13.2. The molecule has 2 atom stereocenters. The van der Waals surface area contributed by atoms with Gasteiger partial charge in [-0.15, -0.1) is 0 Å². The van der Waals surface area contributed by atoms with Crippen molar-refractivity contribution in [2.75, 3.05) is 6.61 Å². The Morgan fingerprint density at radius 3 is 2.86 bits per heavy atom. The van der Waals surface area contributed by atoms with Gasteiger partial charge in [0.05, 0.1) is 12.1 Å². The quantitative estimate of drug-likeness (QED) is 0.870. The third-order valence-electron chi connectivity index (χ3n) is 3.63. The highest BCUT2D eigenvalue weighted by molar-refractivity contribution is 5.26. The van der Waals surface area contributed by atoms with E-state index in [1.165, 1.54) is 0 Å². The molecule has 1 aliphatic heterocycles. The largest absolute Gasteiger partial charge is 0.508 e. The molecule has 112 valence electrons. The first-order valence-electron chi connectivity index (χ1n) is 7.18. The van der Waals surface area contributed by atoms with Crippen LogP contribution in [0.2, 0.25) is 0 Å². The highest BCUT2D eigenvalue weighted by Gasteiger charge is 2.21. The van der Waals surface area contributed by atoms with E-state index in [9.17, 15) is 5.11 Å². The van der Waals surface area contributed by atoms with Crippen LogP contribution in [0.1, 0.15) is 36.2 Å². The zero-order valence-electron chi connectivity index (χ0n) is 11.7. The van der Waals surface area contributed by atoms with Gasteiger partial charge in [-0.3, -0.25) is 0 Å². The van der Waals surface area contributed by atoms with E-state index in [0.717, 1.165) is 25.0 Å². The molecule has 2 unspecified atom stereocenters. The van der Waals surface area contributed by atoms with E-state index in [-0.39, 0.29) is 17.9 Å². The van der Waals surface area contributed by atoms with Crippen LogP contribution in [0, 0.1) is 0 Å². The van der Waals surface area contributed by atoms with Gasteiger partial charge in [-0.25, -0.2) is 0 Å². The standard InChI is InChI=1S/C15H19N3O3/c16-13(8-10-3-5-11(19)6-4-10)15-17-14(18-21-15)9-12-2-1-7-20-12/h3-6,12-13,19H,1-2,7-9,16H2. The van der Waals surface area contributed by atoms with Gasteiger partial charge in [-0.05, 0) is 37.0 Å². The van der Waals surface area contributed by atoms with Gasteiger partial charge in [0.1, 0.15) is 5.75 Å². The Kier molecular flexibility index (Phi) is 4.17. The molecule has 21 heavy (non-hydrogen) atoms. The van der Waals surface area contributed by atoms with E-state index in [1.54, 1.807) is 12.1 Å². The fraction of sp³-hybridized carbons (Fsp3) is 0.467. The first-order valence-corrected chi connectivity index (χ1v) is 7.18. The molecule has 6 nitrogen and oxygen atoms in total. The average Bonchev–Trinajstić information content (AvgIpc) is 3.13. The minimum Gasteiger partial charge on any atom is -0.508 e. The molecule has 1 aliphatic rings. The third kappa shape index (κ3) is 3.59. The Hall–Kier alpha value is -1.92. The Labute approximate surface area is 122 Å². The van der Waals surface area contributed by atoms with Crippen LogP contribution in [0.5, 0.6) is 5.75 Å². The molecule has 0 aliphatic carbocycles. The lowest BCUT2D eigenvalue weighted by Gasteiger charge is -2.07. The lowest BCUT2D eigenvalue weighted by atomic mass is 10.1. The number of hydrogen-bond acceptors (Lipinski definition) is 6. The maximum absolute atomic E-state index is 9.26. The van der Waals surface area contributed by atoms with Gasteiger partial charge in [0.2, 0.25) is 5.89 Å². The first kappa shape index (κ1) is 14.0. The Morgan fingerprint density at radius 1 is 1.33 bits per heavy atom. The number of phenolic OH excluding ortho intramolecular Hbond substituents is 1. The van der Waals surface area contributed by atoms with E-state index >= 15 is 0 Å². The van der Waals surface area contributed by atoms with Crippen LogP contribution in [0.15, 0.2) is 28.8 Å². The van der Waals surface area contributed by atoms with Gasteiger partial charge in [-0.2, -0.15) is 4.98 Å². The summed E-state index contributed by atoms with van der Waals surface area (Å²) in [6.45, 7) is 0.815. The fourth-order valence-electron chi connectivity index (χ4n) is 2.48. The van der Waals surface area contributed by atoms with E-state index < -0.39 is 0 Å². The maximum atomic E-state index is 9.26. The Morgan fingerprint density at radius 2 is 2.14 bits per heavy atom. The molecule has 0 radical (unpaired) electrons. The minimum atomic E-state index is -0.347. The van der Waals surface area contributed by atoms with Crippen molar-refractivity contribution in [1.82, 2.24) is 10.1 Å². The number of hydrogen-bond donors (Lipinski definition) is 2. The molecule has 1 aromatic heterocycles. The van der Waals surface area contributed by atoms with Crippen LogP contribution in [-0.2, 0) is 17.6 Å². The molecule has 0 spiro atoms. The van der Waals surface area contributed by atoms with Crippen molar-refractivity contribution in [3.63, 3.8) is 0 Å². The smallest absolute Gasteiger partial charge is 0.243 e. The molecular formula is C15H19N3O3. The van der Waals surface area contributed by atoms with Gasteiger partial charge in [-0.1, -0.05) is 17.3 Å². The van der Waals surface area contributed by atoms with Gasteiger partial charge in [0.25, 0.3) is 0 Å². The fourth-order valence-corrected chi connectivity index (χ4v) is 2.48. The summed E-state index contributed by atoms with van der Waals surface area (Å²) in [5.41, 5.74) is 7.11. The third-order valence-corrected chi connectivity index (χ3v) is 3.63. The van der Waals surface area contributed by atoms with Gasteiger partial charge in [0.15, 0.2) is 5.82 Å². The Balaban J connectivity index is 1.60. The summed E-state index contributed by atoms with van der Waals surface area (Å²) in [6, 6.07) is 6.59. The van der Waals surface area contributed by atoms with Crippen molar-refractivity contribution in [3.8, 4) is 5.75 Å². The summed E-state index contributed by atoms with van der Waals surface area (Å²) in [6.07, 6.45) is 3.60. The van der Waals surface area contributed by atoms with Crippen molar-refractivity contribution < 1.29 is 14.4 Å². The van der Waals surface area contributed by atoms with E-state index in [2.05, 4.69) is 10.1 Å². The zero-order valence-corrected chi connectivity index (χ0v) is 11.7. The molecule has 6 heteroatoms. The molecular weight excluding hydrogens is 270 g/mol. The summed E-state index contributed by atoms with van der Waals surface area (Å²) < 4.78 is 10.8. The average molecular weight is 289 g/mol. The van der Waals surface area contributed by atoms with Crippen molar-refractivity contribution in [2.45, 2.75) is 37.8 Å². The molecule has 2 aromatic rings. The monoisotopic (exact) mass is 289 g/mol. The van der Waals surface area contributed by atoms with Crippen molar-refractivity contribution >= 4 is 0 Å². The molecule has 0 amide bonds. The summed E-state index contributed by atoms with van der Waals surface area (Å²) in [4.78, 5) is 4.36. The lowest BCUT2D eigenvalue weighted by molar-refractivity contribution is 0.109. The van der Waals surface area contributed by atoms with Crippen LogP contribution in [0.25, 0.3) is 0 Å². The number of benzene rings is 1. The van der Waals surface area contributed by atoms with Gasteiger partial charge < -0.3 is 20.1 Å². The highest BCUT2D eigenvalue weighted by atomic mass is 16.5. The predicted molar refractivity (Wildman–Crippen MR) is 75.7 cm³/mol. The van der Waals surface area contributed by atoms with Crippen LogP contribution < -0.4 is 5.73 Å². The molecule has 3 N–H and O–H groups in total. The number of nitrogens with zero attached hydrogens (tertiary/aromatic N) is 2. The molecule has 2 heterocycles. The van der Waals surface area contributed by atoms with E-state index in [0.29, 0.717) is 24.6 Å². The van der Waals surface area contributed by atoms with Crippen LogP contribution in [-0.4, -0.2) is 28.0 Å². The summed E-state index contributed by atoms with van der Waals surface area (Å²) in [7, 11) is 0.